The molecule has 1 saturated carbocycles. The van der Waals surface area contributed by atoms with Crippen LogP contribution in [0.15, 0.2) is 24.3 Å². The zero-order chi connectivity index (χ0) is 24.8. The van der Waals surface area contributed by atoms with Crippen molar-refractivity contribution in [2.24, 2.45) is 5.92 Å². The van der Waals surface area contributed by atoms with Gasteiger partial charge in [0.05, 0.1) is 0 Å². The summed E-state index contributed by atoms with van der Waals surface area (Å²) < 4.78 is 5.36. The van der Waals surface area contributed by atoms with Gasteiger partial charge in [-0.1, -0.05) is 57.4 Å². The molecule has 184 valence electrons. The molecule has 0 bridgehead atoms. The van der Waals surface area contributed by atoms with Gasteiger partial charge in [-0.2, -0.15) is 0 Å². The molecule has 0 aromatic heterocycles. The normalized spacial score (nSPS) is 16.6. The smallest absolute Gasteiger partial charge is 0.408 e. The van der Waals surface area contributed by atoms with Crippen LogP contribution in [-0.4, -0.2) is 47.5 Å². The SMILES string of the molecule is Cc1ccccc1C(C(=O)NC1CCCCC1)N(C)C(=O)C(NC(=O)OC(C)(C)C)C(C)C. The van der Waals surface area contributed by atoms with Gasteiger partial charge in [-0.05, 0) is 57.6 Å². The summed E-state index contributed by atoms with van der Waals surface area (Å²) in [6, 6.07) is 6.13. The van der Waals surface area contributed by atoms with Gasteiger partial charge in [-0.3, -0.25) is 9.59 Å². The Morgan fingerprint density at radius 3 is 2.21 bits per heavy atom. The van der Waals surface area contributed by atoms with E-state index in [1.54, 1.807) is 27.8 Å². The molecule has 2 unspecified atom stereocenters. The molecule has 1 aromatic rings. The van der Waals surface area contributed by atoms with Crippen LogP contribution in [0, 0.1) is 12.8 Å². The van der Waals surface area contributed by atoms with Crippen molar-refractivity contribution in [3.05, 3.63) is 35.4 Å². The third-order valence-electron chi connectivity index (χ3n) is 6.02. The number of likely N-dealkylation sites (N-methyl/N-ethyl adjacent to an activating group) is 1. The second-order valence-electron chi connectivity index (χ2n) is 10.4. The second-order valence-corrected chi connectivity index (χ2v) is 10.4. The minimum atomic E-state index is -0.821. The highest BCUT2D eigenvalue weighted by atomic mass is 16.6. The van der Waals surface area contributed by atoms with E-state index in [1.807, 2.05) is 45.0 Å². The number of benzene rings is 1. The Hall–Kier alpha value is -2.57. The van der Waals surface area contributed by atoms with E-state index in [1.165, 1.54) is 11.3 Å². The second kappa shape index (κ2) is 11.5. The van der Waals surface area contributed by atoms with E-state index in [0.29, 0.717) is 0 Å². The molecular formula is C26H41N3O4. The molecule has 0 aliphatic heterocycles. The average molecular weight is 460 g/mol. The molecule has 1 aliphatic carbocycles. The highest BCUT2D eigenvalue weighted by molar-refractivity contribution is 5.92. The van der Waals surface area contributed by atoms with Crippen LogP contribution >= 0.6 is 0 Å². The van der Waals surface area contributed by atoms with E-state index < -0.39 is 23.8 Å². The summed E-state index contributed by atoms with van der Waals surface area (Å²) >= 11 is 0. The predicted octanol–water partition coefficient (Wildman–Crippen LogP) is 4.49. The van der Waals surface area contributed by atoms with Crippen molar-refractivity contribution in [1.82, 2.24) is 15.5 Å². The van der Waals surface area contributed by atoms with E-state index in [0.717, 1.165) is 36.8 Å². The van der Waals surface area contributed by atoms with E-state index in [9.17, 15) is 14.4 Å². The van der Waals surface area contributed by atoms with E-state index in [-0.39, 0.29) is 23.8 Å². The fourth-order valence-electron chi connectivity index (χ4n) is 4.24. The fourth-order valence-corrected chi connectivity index (χ4v) is 4.24. The number of nitrogens with zero attached hydrogens (tertiary/aromatic N) is 1. The third kappa shape index (κ3) is 7.76. The first-order valence-electron chi connectivity index (χ1n) is 12.0. The van der Waals surface area contributed by atoms with Crippen LogP contribution in [0.4, 0.5) is 4.79 Å². The van der Waals surface area contributed by atoms with Gasteiger partial charge in [-0.15, -0.1) is 0 Å². The van der Waals surface area contributed by atoms with E-state index >= 15 is 0 Å². The highest BCUT2D eigenvalue weighted by Crippen LogP contribution is 2.26. The number of amides is 3. The number of hydrogen-bond acceptors (Lipinski definition) is 4. The number of nitrogens with one attached hydrogen (secondary N) is 2. The number of ether oxygens (including phenoxy) is 1. The quantitative estimate of drug-likeness (QED) is 0.629. The van der Waals surface area contributed by atoms with Crippen molar-refractivity contribution in [2.75, 3.05) is 7.05 Å². The first-order valence-corrected chi connectivity index (χ1v) is 12.0. The highest BCUT2D eigenvalue weighted by Gasteiger charge is 2.36. The molecule has 2 N–H and O–H groups in total. The molecule has 7 nitrogen and oxygen atoms in total. The van der Waals surface area contributed by atoms with E-state index in [4.69, 9.17) is 4.74 Å². The maximum atomic E-state index is 13.6. The molecule has 7 heteroatoms. The van der Waals surface area contributed by atoms with Crippen LogP contribution in [0.2, 0.25) is 0 Å². The molecule has 0 heterocycles. The lowest BCUT2D eigenvalue weighted by Crippen LogP contribution is -2.54. The van der Waals surface area contributed by atoms with E-state index in [2.05, 4.69) is 10.6 Å². The minimum Gasteiger partial charge on any atom is -0.444 e. The lowest BCUT2D eigenvalue weighted by molar-refractivity contribution is -0.142. The summed E-state index contributed by atoms with van der Waals surface area (Å²) in [5.74, 6) is -0.707. The Morgan fingerprint density at radius 1 is 1.06 bits per heavy atom. The van der Waals surface area contributed by atoms with Gasteiger partial charge in [0.15, 0.2) is 0 Å². The first-order chi connectivity index (χ1) is 15.4. The summed E-state index contributed by atoms with van der Waals surface area (Å²) in [5.41, 5.74) is 1.04. The molecule has 2 atom stereocenters. The van der Waals surface area contributed by atoms with Gasteiger partial charge in [0.2, 0.25) is 11.8 Å². The fraction of sp³-hybridized carbons (Fsp3) is 0.654. The van der Waals surface area contributed by atoms with Gasteiger partial charge in [0.1, 0.15) is 17.7 Å². The molecule has 0 saturated heterocycles. The van der Waals surface area contributed by atoms with Gasteiger partial charge >= 0.3 is 6.09 Å². The van der Waals surface area contributed by atoms with Gasteiger partial charge in [0.25, 0.3) is 0 Å². The maximum absolute atomic E-state index is 13.6. The number of aryl methyl sites for hydroxylation is 1. The Kier molecular flexibility index (Phi) is 9.32. The lowest BCUT2D eigenvalue weighted by atomic mass is 9.93. The summed E-state index contributed by atoms with van der Waals surface area (Å²) in [6.07, 6.45) is 4.66. The maximum Gasteiger partial charge on any atom is 0.408 e. The largest absolute Gasteiger partial charge is 0.444 e. The van der Waals surface area contributed by atoms with Crippen LogP contribution in [0.1, 0.15) is 83.9 Å². The van der Waals surface area contributed by atoms with Crippen LogP contribution in [-0.2, 0) is 14.3 Å². The molecule has 0 radical (unpaired) electrons. The summed E-state index contributed by atoms with van der Waals surface area (Å²) in [5, 5.41) is 5.89. The number of hydrogen-bond donors (Lipinski definition) is 2. The number of carbonyl (C=O) groups is 3. The topological polar surface area (TPSA) is 87.7 Å². The number of alkyl carbamates (subject to hydrolysis) is 1. The van der Waals surface area contributed by atoms with Gasteiger partial charge in [0, 0.05) is 13.1 Å². The Balaban J connectivity index is 2.30. The standard InChI is InChI=1S/C26H41N3O4/c1-17(2)21(28-25(32)33-26(4,5)6)24(31)29(7)22(20-16-12-11-13-18(20)3)23(30)27-19-14-9-8-10-15-19/h11-13,16-17,19,21-22H,8-10,14-15H2,1-7H3,(H,27,30)(H,28,32). The van der Waals surface area contributed by atoms with Crippen molar-refractivity contribution in [3.8, 4) is 0 Å². The van der Waals surface area contributed by atoms with Crippen LogP contribution in [0.3, 0.4) is 0 Å². The average Bonchev–Trinajstić information content (AvgIpc) is 2.72. The zero-order valence-corrected chi connectivity index (χ0v) is 21.2. The summed E-state index contributed by atoms with van der Waals surface area (Å²) in [7, 11) is 1.63. The van der Waals surface area contributed by atoms with Crippen molar-refractivity contribution in [2.45, 2.75) is 97.4 Å². The molecular weight excluding hydrogens is 418 g/mol. The van der Waals surface area contributed by atoms with Crippen LogP contribution < -0.4 is 10.6 Å². The number of rotatable bonds is 7. The predicted molar refractivity (Wildman–Crippen MR) is 130 cm³/mol. The zero-order valence-electron chi connectivity index (χ0n) is 21.2. The summed E-state index contributed by atoms with van der Waals surface area (Å²) in [6.45, 7) is 11.0. The van der Waals surface area contributed by atoms with Crippen LogP contribution in [0.5, 0.6) is 0 Å². The van der Waals surface area contributed by atoms with Gasteiger partial charge < -0.3 is 20.3 Å². The Labute approximate surface area is 198 Å². The molecule has 1 fully saturated rings. The van der Waals surface area contributed by atoms with Crippen LogP contribution in [0.25, 0.3) is 0 Å². The number of carbonyl (C=O) groups excluding carboxylic acids is 3. The van der Waals surface area contributed by atoms with Crippen molar-refractivity contribution in [1.29, 1.82) is 0 Å². The van der Waals surface area contributed by atoms with Crippen molar-refractivity contribution in [3.63, 3.8) is 0 Å². The summed E-state index contributed by atoms with van der Waals surface area (Å²) in [4.78, 5) is 40.9. The Morgan fingerprint density at radius 2 is 1.67 bits per heavy atom. The first kappa shape index (κ1) is 26.7. The van der Waals surface area contributed by atoms with Crippen molar-refractivity contribution < 1.29 is 19.1 Å². The molecule has 1 aromatic carbocycles. The molecule has 0 spiro atoms. The molecule has 33 heavy (non-hydrogen) atoms. The molecule has 2 rings (SSSR count). The lowest BCUT2D eigenvalue weighted by Gasteiger charge is -2.34. The third-order valence-corrected chi connectivity index (χ3v) is 6.02. The van der Waals surface area contributed by atoms with Crippen molar-refractivity contribution >= 4 is 17.9 Å². The molecule has 1 aliphatic rings. The Bertz CT molecular complexity index is 825. The molecule has 3 amide bonds. The monoisotopic (exact) mass is 459 g/mol. The van der Waals surface area contributed by atoms with Gasteiger partial charge in [-0.25, -0.2) is 4.79 Å². The minimum absolute atomic E-state index is 0.127.